The van der Waals surface area contributed by atoms with Crippen LogP contribution in [0.25, 0.3) is 0 Å². The minimum atomic E-state index is -0.950. The Kier molecular flexibility index (Phi) is 7.01. The fourth-order valence-electron chi connectivity index (χ4n) is 2.47. The van der Waals surface area contributed by atoms with Crippen molar-refractivity contribution in [2.45, 2.75) is 25.7 Å². The lowest BCUT2D eigenvalue weighted by atomic mass is 9.99. The summed E-state index contributed by atoms with van der Waals surface area (Å²) in [5.41, 5.74) is 1.80. The van der Waals surface area contributed by atoms with E-state index in [4.69, 9.17) is 4.74 Å². The maximum Gasteiger partial charge on any atom is 0.312 e. The second-order valence-electron chi connectivity index (χ2n) is 5.87. The fourth-order valence-corrected chi connectivity index (χ4v) is 2.47. The first-order chi connectivity index (χ1) is 12.1. The van der Waals surface area contributed by atoms with E-state index in [-0.39, 0.29) is 12.5 Å². The largest absolute Gasteiger partial charge is 0.494 e. The third-order valence-electron chi connectivity index (χ3n) is 3.81. The van der Waals surface area contributed by atoms with E-state index in [1.807, 2.05) is 37.3 Å². The summed E-state index contributed by atoms with van der Waals surface area (Å²) in [6.07, 6.45) is 0.871. The van der Waals surface area contributed by atoms with E-state index >= 15 is 0 Å². The van der Waals surface area contributed by atoms with Crippen LogP contribution in [0.3, 0.4) is 0 Å². The van der Waals surface area contributed by atoms with Crippen LogP contribution in [0.1, 0.15) is 29.9 Å². The number of nitrogens with one attached hydrogen (secondary N) is 1. The van der Waals surface area contributed by atoms with Gasteiger partial charge in [-0.2, -0.15) is 0 Å². The Balaban J connectivity index is 1.71. The van der Waals surface area contributed by atoms with E-state index in [9.17, 15) is 14.7 Å². The predicted molar refractivity (Wildman–Crippen MR) is 95.7 cm³/mol. The van der Waals surface area contributed by atoms with Gasteiger partial charge in [0.15, 0.2) is 0 Å². The van der Waals surface area contributed by atoms with Gasteiger partial charge in [0.05, 0.1) is 12.5 Å². The first kappa shape index (κ1) is 18.5. The standard InChI is InChI=1S/C20H23NO4/c1-15-7-5-10-17(13-15)25-12-6-11-19(22)21-14-18(20(23)24)16-8-3-2-4-9-16/h2-5,7-10,13,18H,6,11-12,14H2,1H3,(H,21,22)(H,23,24). The molecule has 0 fully saturated rings. The van der Waals surface area contributed by atoms with Crippen LogP contribution in [0.2, 0.25) is 0 Å². The van der Waals surface area contributed by atoms with E-state index in [2.05, 4.69) is 5.32 Å². The van der Waals surface area contributed by atoms with Crippen LogP contribution in [-0.4, -0.2) is 30.1 Å². The van der Waals surface area contributed by atoms with Crippen molar-refractivity contribution in [1.82, 2.24) is 5.32 Å². The van der Waals surface area contributed by atoms with Gasteiger partial charge >= 0.3 is 5.97 Å². The SMILES string of the molecule is Cc1cccc(OCCCC(=O)NCC(C(=O)O)c2ccccc2)c1. The van der Waals surface area contributed by atoms with E-state index in [1.54, 1.807) is 24.3 Å². The number of carbonyl (C=O) groups excluding carboxylic acids is 1. The van der Waals surface area contributed by atoms with Gasteiger partial charge in [0.2, 0.25) is 5.91 Å². The summed E-state index contributed by atoms with van der Waals surface area (Å²) in [4.78, 5) is 23.3. The second kappa shape index (κ2) is 9.47. The Morgan fingerprint density at radius 2 is 1.88 bits per heavy atom. The zero-order valence-corrected chi connectivity index (χ0v) is 14.3. The molecule has 0 radical (unpaired) electrons. The quantitative estimate of drug-likeness (QED) is 0.687. The number of carboxylic acids is 1. The summed E-state index contributed by atoms with van der Waals surface area (Å²) >= 11 is 0. The molecule has 2 aromatic carbocycles. The molecule has 0 spiro atoms. The van der Waals surface area contributed by atoms with Crippen molar-refractivity contribution in [2.24, 2.45) is 0 Å². The molecule has 25 heavy (non-hydrogen) atoms. The molecule has 0 aliphatic carbocycles. The Hall–Kier alpha value is -2.82. The van der Waals surface area contributed by atoms with Gasteiger partial charge in [-0.25, -0.2) is 0 Å². The van der Waals surface area contributed by atoms with E-state index < -0.39 is 11.9 Å². The number of carbonyl (C=O) groups is 2. The Labute approximate surface area is 147 Å². The average molecular weight is 341 g/mol. The summed E-state index contributed by atoms with van der Waals surface area (Å²) in [5, 5.41) is 12.0. The van der Waals surface area contributed by atoms with Crippen molar-refractivity contribution >= 4 is 11.9 Å². The second-order valence-corrected chi connectivity index (χ2v) is 5.87. The molecular formula is C20H23NO4. The van der Waals surface area contributed by atoms with Crippen molar-refractivity contribution in [2.75, 3.05) is 13.2 Å². The highest BCUT2D eigenvalue weighted by molar-refractivity contribution is 5.79. The number of aryl methyl sites for hydroxylation is 1. The monoisotopic (exact) mass is 341 g/mol. The van der Waals surface area contributed by atoms with Gasteiger partial charge in [0.25, 0.3) is 0 Å². The van der Waals surface area contributed by atoms with Crippen molar-refractivity contribution in [3.05, 3.63) is 65.7 Å². The summed E-state index contributed by atoms with van der Waals surface area (Å²) in [5.74, 6) is -1.08. The maximum absolute atomic E-state index is 11.9. The number of amides is 1. The van der Waals surface area contributed by atoms with Crippen LogP contribution in [0.4, 0.5) is 0 Å². The molecule has 132 valence electrons. The molecule has 0 saturated heterocycles. The van der Waals surface area contributed by atoms with Gasteiger partial charge in [-0.05, 0) is 36.6 Å². The molecule has 0 saturated carbocycles. The zero-order valence-electron chi connectivity index (χ0n) is 14.3. The lowest BCUT2D eigenvalue weighted by Gasteiger charge is -2.14. The number of carboxylic acid groups (broad SMARTS) is 1. The topological polar surface area (TPSA) is 75.6 Å². The summed E-state index contributed by atoms with van der Waals surface area (Å²) in [7, 11) is 0. The number of ether oxygens (including phenoxy) is 1. The molecule has 0 aliphatic rings. The molecule has 0 heterocycles. The maximum atomic E-state index is 11.9. The lowest BCUT2D eigenvalue weighted by Crippen LogP contribution is -2.31. The van der Waals surface area contributed by atoms with E-state index in [0.29, 0.717) is 25.0 Å². The molecule has 5 nitrogen and oxygen atoms in total. The van der Waals surface area contributed by atoms with Gasteiger partial charge in [-0.1, -0.05) is 42.5 Å². The number of aliphatic carboxylic acids is 1. The van der Waals surface area contributed by atoms with Crippen LogP contribution >= 0.6 is 0 Å². The summed E-state index contributed by atoms with van der Waals surface area (Å²) < 4.78 is 5.60. The fraction of sp³-hybridized carbons (Fsp3) is 0.300. The molecule has 2 rings (SSSR count). The van der Waals surface area contributed by atoms with Gasteiger partial charge in [-0.15, -0.1) is 0 Å². The van der Waals surface area contributed by atoms with Crippen molar-refractivity contribution in [3.8, 4) is 5.75 Å². The summed E-state index contributed by atoms with van der Waals surface area (Å²) in [6, 6.07) is 16.6. The van der Waals surface area contributed by atoms with Crippen LogP contribution in [-0.2, 0) is 9.59 Å². The smallest absolute Gasteiger partial charge is 0.312 e. The van der Waals surface area contributed by atoms with Crippen LogP contribution in [0.5, 0.6) is 5.75 Å². The molecule has 2 N–H and O–H groups in total. The number of rotatable bonds is 9. The van der Waals surface area contributed by atoms with Crippen molar-refractivity contribution < 1.29 is 19.4 Å². The molecule has 1 amide bonds. The molecule has 1 atom stereocenters. The van der Waals surface area contributed by atoms with Crippen LogP contribution in [0, 0.1) is 6.92 Å². The van der Waals surface area contributed by atoms with E-state index in [1.165, 1.54) is 0 Å². The minimum absolute atomic E-state index is 0.0803. The molecular weight excluding hydrogens is 318 g/mol. The van der Waals surface area contributed by atoms with Gasteiger partial charge in [-0.3, -0.25) is 9.59 Å². The molecule has 1 unspecified atom stereocenters. The molecule has 5 heteroatoms. The van der Waals surface area contributed by atoms with Crippen molar-refractivity contribution in [1.29, 1.82) is 0 Å². The average Bonchev–Trinajstić information content (AvgIpc) is 2.60. The van der Waals surface area contributed by atoms with E-state index in [0.717, 1.165) is 11.3 Å². The van der Waals surface area contributed by atoms with Crippen LogP contribution in [0.15, 0.2) is 54.6 Å². The first-order valence-electron chi connectivity index (χ1n) is 8.30. The number of hydrogen-bond donors (Lipinski definition) is 2. The third-order valence-corrected chi connectivity index (χ3v) is 3.81. The number of benzene rings is 2. The van der Waals surface area contributed by atoms with Gasteiger partial charge in [0.1, 0.15) is 5.75 Å². The first-order valence-corrected chi connectivity index (χ1v) is 8.30. The highest BCUT2D eigenvalue weighted by atomic mass is 16.5. The normalized spacial score (nSPS) is 11.6. The minimum Gasteiger partial charge on any atom is -0.494 e. The Morgan fingerprint density at radius 3 is 2.56 bits per heavy atom. The van der Waals surface area contributed by atoms with Gasteiger partial charge < -0.3 is 15.2 Å². The van der Waals surface area contributed by atoms with Crippen molar-refractivity contribution in [3.63, 3.8) is 0 Å². The highest BCUT2D eigenvalue weighted by Crippen LogP contribution is 2.15. The summed E-state index contributed by atoms with van der Waals surface area (Å²) in [6.45, 7) is 2.51. The van der Waals surface area contributed by atoms with Gasteiger partial charge in [0, 0.05) is 13.0 Å². The Bertz CT molecular complexity index is 700. The third kappa shape index (κ3) is 6.30. The molecule has 0 bridgehead atoms. The lowest BCUT2D eigenvalue weighted by molar-refractivity contribution is -0.138. The predicted octanol–water partition coefficient (Wildman–Crippen LogP) is 3.14. The number of hydrogen-bond acceptors (Lipinski definition) is 3. The molecule has 0 aliphatic heterocycles. The molecule has 2 aromatic rings. The highest BCUT2D eigenvalue weighted by Gasteiger charge is 2.20. The Morgan fingerprint density at radius 1 is 1.12 bits per heavy atom. The zero-order chi connectivity index (χ0) is 18.1. The molecule has 0 aromatic heterocycles. The van der Waals surface area contributed by atoms with Crippen LogP contribution < -0.4 is 10.1 Å².